The summed E-state index contributed by atoms with van der Waals surface area (Å²) >= 11 is 0. The number of nitrogens with one attached hydrogen (secondary N) is 6. The first-order valence-corrected chi connectivity index (χ1v) is 19.8. The van der Waals surface area contributed by atoms with E-state index in [2.05, 4.69) is 38.1 Å². The molecule has 16 nitrogen and oxygen atoms in total. The molecule has 1 aliphatic carbocycles. The second kappa shape index (κ2) is 19.4. The molecule has 8 atom stereocenters. The van der Waals surface area contributed by atoms with Gasteiger partial charge in [-0.1, -0.05) is 38.5 Å². The van der Waals surface area contributed by atoms with Crippen molar-refractivity contribution >= 4 is 41.2 Å². The molecule has 5 heterocycles. The van der Waals surface area contributed by atoms with E-state index in [4.69, 9.17) is 0 Å². The molecule has 1 saturated carbocycles. The first-order valence-electron chi connectivity index (χ1n) is 19.8. The Morgan fingerprint density at radius 1 is 1.00 bits per heavy atom. The number of hydrazine groups is 1. The van der Waals surface area contributed by atoms with Gasteiger partial charge in [0.15, 0.2) is 0 Å². The maximum absolute atomic E-state index is 14.2. The van der Waals surface area contributed by atoms with E-state index in [0.29, 0.717) is 69.4 Å². The molecule has 7 rings (SSSR count). The Balaban J connectivity index is 1.37. The van der Waals surface area contributed by atoms with Gasteiger partial charge in [0.2, 0.25) is 29.5 Å². The van der Waals surface area contributed by atoms with E-state index < -0.39 is 42.0 Å². The van der Waals surface area contributed by atoms with Crippen molar-refractivity contribution in [3.8, 4) is 0 Å². The minimum Gasteiger partial charge on any atom is -0.480 e. The Hall–Kier alpha value is -4.54. The molecule has 5 amide bonds. The topological polar surface area (TPSA) is 205 Å². The van der Waals surface area contributed by atoms with Crippen LogP contribution in [0.15, 0.2) is 36.5 Å². The normalized spacial score (nSPS) is 28.5. The monoisotopic (exact) mass is 765 g/mol. The Bertz CT molecular complexity index is 1570. The van der Waals surface area contributed by atoms with Crippen LogP contribution in [0.4, 0.5) is 5.69 Å². The number of hydrogen-bond donors (Lipinski definition) is 7. The number of carboxylic acid groups (broad SMARTS) is 1. The fraction of sp³-hybridized carbons (Fsp3) is 0.641. The van der Waals surface area contributed by atoms with Gasteiger partial charge in [-0.3, -0.25) is 33.7 Å². The predicted octanol–water partition coefficient (Wildman–Crippen LogP) is 0.417. The number of aliphatic carboxylic acids is 1. The van der Waals surface area contributed by atoms with Crippen LogP contribution in [-0.2, 0) is 35.2 Å². The second-order valence-electron chi connectivity index (χ2n) is 15.4. The fourth-order valence-corrected chi connectivity index (χ4v) is 7.85. The van der Waals surface area contributed by atoms with Gasteiger partial charge < -0.3 is 41.6 Å². The minimum atomic E-state index is -0.971. The number of amides is 5. The maximum Gasteiger partial charge on any atom is 0.317 e. The Kier molecular flexibility index (Phi) is 14.6. The third-order valence-electron chi connectivity index (χ3n) is 11.6. The lowest BCUT2D eigenvalue weighted by molar-refractivity contribution is -0.142. The summed E-state index contributed by atoms with van der Waals surface area (Å²) in [6.07, 6.45) is 7.96. The number of carbonyl (C=O) groups excluding carboxylic acids is 5. The number of likely N-dealkylation sites (N-methyl/N-ethyl adjacent to an activating group) is 1. The highest BCUT2D eigenvalue weighted by molar-refractivity contribution is 5.95. The van der Waals surface area contributed by atoms with E-state index >= 15 is 0 Å². The van der Waals surface area contributed by atoms with E-state index in [1.165, 1.54) is 4.90 Å². The van der Waals surface area contributed by atoms with Gasteiger partial charge in [-0.25, -0.2) is 5.43 Å². The van der Waals surface area contributed by atoms with Crippen molar-refractivity contribution in [2.75, 3.05) is 51.6 Å². The zero-order valence-electron chi connectivity index (χ0n) is 32.5. The fourth-order valence-electron chi connectivity index (χ4n) is 7.85. The molecule has 1 aromatic carbocycles. The van der Waals surface area contributed by atoms with Gasteiger partial charge in [0.25, 0.3) is 0 Å². The average molecular weight is 766 g/mol. The first kappa shape index (κ1) is 41.6. The molecule has 0 aromatic heterocycles. The van der Waals surface area contributed by atoms with Crippen LogP contribution in [0, 0.1) is 17.8 Å². The number of fused-ring (bicyclic) bond motifs is 1. The van der Waals surface area contributed by atoms with Crippen molar-refractivity contribution in [3.63, 3.8) is 0 Å². The highest BCUT2D eigenvalue weighted by atomic mass is 16.4. The number of rotatable bonds is 7. The van der Waals surface area contributed by atoms with Crippen molar-refractivity contribution in [1.29, 1.82) is 0 Å². The summed E-state index contributed by atoms with van der Waals surface area (Å²) in [5.41, 5.74) is 4.92. The van der Waals surface area contributed by atoms with Crippen LogP contribution in [-0.4, -0.2) is 132 Å². The zero-order valence-corrected chi connectivity index (χ0v) is 32.5. The summed E-state index contributed by atoms with van der Waals surface area (Å²) in [6, 6.07) is 4.23. The highest BCUT2D eigenvalue weighted by Crippen LogP contribution is 2.41. The lowest BCUT2D eigenvalue weighted by Crippen LogP contribution is -2.59. The van der Waals surface area contributed by atoms with Gasteiger partial charge >= 0.3 is 5.97 Å². The molecule has 1 saturated heterocycles. The molecule has 1 aromatic rings. The molecule has 6 aliphatic rings. The van der Waals surface area contributed by atoms with Gasteiger partial charge in [0, 0.05) is 63.5 Å². The lowest BCUT2D eigenvalue weighted by atomic mass is 9.67. The molecule has 2 fully saturated rings. The largest absolute Gasteiger partial charge is 0.480 e. The second-order valence-corrected chi connectivity index (χ2v) is 15.4. The van der Waals surface area contributed by atoms with Crippen LogP contribution in [0.1, 0.15) is 64.9 Å². The standard InChI is InChI=1S/C39H59N9O7/c1-5-24(2)35-38(54)41-15-18-46(23-34(50)51)19-20-47-17-14-29-27(22-30(29)45-47)10-13-33(49)42-28-11-8-26(9-12-28)21-31(43-36(52)25(3)40-4)39(55)48-16-6-7-32(48)37(53)44-35/h8-9,11-12,14,17,24-25,27,29-32,35,40,45H,5-7,10,13,15-16,18-23H2,1-4H3,(H,41,54)(H,42,49)(H,43,52)(H,44,53)(H,50,51)/t24-,25-,27?,29?,30?,31-,32+,35-/m0/s1. The number of anilines is 1. The van der Waals surface area contributed by atoms with E-state index in [9.17, 15) is 33.9 Å². The predicted molar refractivity (Wildman–Crippen MR) is 206 cm³/mol. The molecule has 5 aliphatic heterocycles. The van der Waals surface area contributed by atoms with Crippen LogP contribution in [0.2, 0.25) is 0 Å². The molecular weight excluding hydrogens is 706 g/mol. The van der Waals surface area contributed by atoms with Gasteiger partial charge in [-0.2, -0.15) is 0 Å². The quantitative estimate of drug-likeness (QED) is 0.203. The SMILES string of the molecule is CC[C@H](C)[C@@H]1NC(=O)[C@H]2CCCN2C(=O)[C@@H](NC(=O)[C@H](C)NC)Cc2ccc(cc2)NC(=O)CCC2CC3NN(C=CC23)CCN(CC(=O)O)CCNC1=O. The number of carbonyl (C=O) groups is 6. The molecule has 0 spiro atoms. The summed E-state index contributed by atoms with van der Waals surface area (Å²) in [7, 11) is 1.65. The highest BCUT2D eigenvalue weighted by Gasteiger charge is 2.42. The number of nitrogens with zero attached hydrogens (tertiary/aromatic N) is 3. The Morgan fingerprint density at radius 2 is 1.76 bits per heavy atom. The van der Waals surface area contributed by atoms with Crippen LogP contribution in [0.25, 0.3) is 0 Å². The molecule has 3 unspecified atom stereocenters. The molecule has 302 valence electrons. The molecule has 16 heteroatoms. The number of hydrogen-bond acceptors (Lipinski definition) is 10. The van der Waals surface area contributed by atoms with Crippen LogP contribution in [0.3, 0.4) is 0 Å². The summed E-state index contributed by atoms with van der Waals surface area (Å²) in [5, 5.41) is 26.2. The summed E-state index contributed by atoms with van der Waals surface area (Å²) in [5.74, 6) is -2.16. The van der Waals surface area contributed by atoms with E-state index in [1.54, 1.807) is 31.0 Å². The molecular formula is C39H59N9O7. The molecule has 6 bridgehead atoms. The van der Waals surface area contributed by atoms with Crippen molar-refractivity contribution in [2.24, 2.45) is 17.8 Å². The number of carboxylic acids is 1. The molecule has 55 heavy (non-hydrogen) atoms. The van der Waals surface area contributed by atoms with Crippen molar-refractivity contribution in [1.82, 2.24) is 41.5 Å². The van der Waals surface area contributed by atoms with Crippen molar-refractivity contribution in [2.45, 2.75) is 95.9 Å². The van der Waals surface area contributed by atoms with Gasteiger partial charge in [-0.05, 0) is 75.1 Å². The Morgan fingerprint density at radius 3 is 2.45 bits per heavy atom. The van der Waals surface area contributed by atoms with E-state index in [0.717, 1.165) is 18.4 Å². The summed E-state index contributed by atoms with van der Waals surface area (Å²) in [6.45, 7) is 7.07. The third kappa shape index (κ3) is 11.0. The van der Waals surface area contributed by atoms with Crippen LogP contribution >= 0.6 is 0 Å². The Labute approximate surface area is 323 Å². The van der Waals surface area contributed by atoms with Crippen molar-refractivity contribution < 1.29 is 33.9 Å². The summed E-state index contributed by atoms with van der Waals surface area (Å²) < 4.78 is 0. The van der Waals surface area contributed by atoms with Crippen LogP contribution < -0.4 is 32.0 Å². The average Bonchev–Trinajstić information content (AvgIpc) is 3.65. The lowest BCUT2D eigenvalue weighted by Gasteiger charge is -2.49. The minimum absolute atomic E-state index is 0.0799. The zero-order chi connectivity index (χ0) is 39.6. The van der Waals surface area contributed by atoms with Gasteiger partial charge in [0.1, 0.15) is 18.1 Å². The smallest absolute Gasteiger partial charge is 0.317 e. The maximum atomic E-state index is 14.2. The van der Waals surface area contributed by atoms with E-state index in [1.807, 2.05) is 37.2 Å². The number of benzene rings is 1. The first-order chi connectivity index (χ1) is 26.4. The van der Waals surface area contributed by atoms with Crippen LogP contribution in [0.5, 0.6) is 0 Å². The molecule has 7 N–H and O–H groups in total. The molecule has 0 radical (unpaired) electrons. The van der Waals surface area contributed by atoms with Crippen molar-refractivity contribution in [3.05, 3.63) is 42.1 Å². The third-order valence-corrected chi connectivity index (χ3v) is 11.6. The van der Waals surface area contributed by atoms with E-state index in [-0.39, 0.29) is 49.2 Å². The summed E-state index contributed by atoms with van der Waals surface area (Å²) in [4.78, 5) is 82.7. The van der Waals surface area contributed by atoms with Gasteiger partial charge in [0.05, 0.1) is 12.6 Å². The van der Waals surface area contributed by atoms with Gasteiger partial charge in [-0.15, -0.1) is 0 Å².